The number of aromatic amines is 1. The molecule has 0 saturated heterocycles. The van der Waals surface area contributed by atoms with Gasteiger partial charge in [0.05, 0.1) is 18.6 Å². The van der Waals surface area contributed by atoms with Crippen molar-refractivity contribution in [3.05, 3.63) is 42.0 Å². The van der Waals surface area contributed by atoms with E-state index >= 15 is 0 Å². The summed E-state index contributed by atoms with van der Waals surface area (Å²) in [5.41, 5.74) is 4.72. The second-order valence-electron chi connectivity index (χ2n) is 8.41. The van der Waals surface area contributed by atoms with Crippen molar-refractivity contribution in [2.24, 2.45) is 5.92 Å². The van der Waals surface area contributed by atoms with Gasteiger partial charge in [0, 0.05) is 37.6 Å². The third-order valence-corrected chi connectivity index (χ3v) is 6.47. The highest BCUT2D eigenvalue weighted by molar-refractivity contribution is 5.93. The molecule has 1 aromatic heterocycles. The Labute approximate surface area is 168 Å². The Morgan fingerprint density at radius 2 is 2.14 bits per heavy atom. The molecule has 2 aromatic rings. The molecule has 1 fully saturated rings. The van der Waals surface area contributed by atoms with Crippen molar-refractivity contribution < 1.29 is 4.79 Å². The van der Waals surface area contributed by atoms with E-state index in [1.807, 2.05) is 18.1 Å². The number of hydrogen-bond donors (Lipinski definition) is 1. The quantitative estimate of drug-likeness (QED) is 0.758. The minimum atomic E-state index is 0.230. The Morgan fingerprint density at radius 3 is 2.93 bits per heavy atom. The molecule has 0 bridgehead atoms. The van der Waals surface area contributed by atoms with Gasteiger partial charge in [0.25, 0.3) is 0 Å². The van der Waals surface area contributed by atoms with Crippen LogP contribution in [0.3, 0.4) is 0 Å². The summed E-state index contributed by atoms with van der Waals surface area (Å²) in [6.45, 7) is 1.84. The smallest absolute Gasteiger partial charge is 0.226 e. The molecule has 5 heteroatoms. The fourth-order valence-corrected chi connectivity index (χ4v) is 4.71. The molecule has 0 radical (unpaired) electrons. The van der Waals surface area contributed by atoms with Gasteiger partial charge in [-0.25, -0.2) is 4.98 Å². The summed E-state index contributed by atoms with van der Waals surface area (Å²) >= 11 is 0. The predicted molar refractivity (Wildman–Crippen MR) is 114 cm³/mol. The van der Waals surface area contributed by atoms with E-state index in [2.05, 4.69) is 33.1 Å². The number of imidazole rings is 1. The van der Waals surface area contributed by atoms with E-state index in [0.717, 1.165) is 43.2 Å². The number of benzene rings is 1. The van der Waals surface area contributed by atoms with E-state index in [9.17, 15) is 4.79 Å². The monoisotopic (exact) mass is 380 g/mol. The van der Waals surface area contributed by atoms with Gasteiger partial charge in [-0.15, -0.1) is 0 Å². The maximum absolute atomic E-state index is 12.7. The lowest BCUT2D eigenvalue weighted by Crippen LogP contribution is -2.26. The second kappa shape index (κ2) is 8.80. The number of nitrogens with one attached hydrogen (secondary N) is 1. The maximum Gasteiger partial charge on any atom is 0.226 e. The number of hydrogen-bond acceptors (Lipinski definition) is 3. The molecule has 0 atom stereocenters. The van der Waals surface area contributed by atoms with Gasteiger partial charge >= 0.3 is 0 Å². The molecule has 1 amide bonds. The lowest BCUT2D eigenvalue weighted by atomic mass is 9.86. The SMILES string of the molecule is CN(C(=O)CCCC1CCCCC1)c1ccc2c(c1)N(Cc1cnc[nH]1)CC2. The fourth-order valence-electron chi connectivity index (χ4n) is 4.71. The Balaban J connectivity index is 1.35. The van der Waals surface area contributed by atoms with Crippen molar-refractivity contribution in [3.8, 4) is 0 Å². The van der Waals surface area contributed by atoms with E-state index in [4.69, 9.17) is 0 Å². The first kappa shape index (κ1) is 19.0. The van der Waals surface area contributed by atoms with Crippen LogP contribution in [0.15, 0.2) is 30.7 Å². The van der Waals surface area contributed by atoms with Crippen molar-refractivity contribution in [2.45, 2.75) is 64.3 Å². The molecule has 1 saturated carbocycles. The van der Waals surface area contributed by atoms with E-state index in [1.165, 1.54) is 49.8 Å². The summed E-state index contributed by atoms with van der Waals surface area (Å²) in [6, 6.07) is 6.46. The lowest BCUT2D eigenvalue weighted by molar-refractivity contribution is -0.118. The highest BCUT2D eigenvalue weighted by Crippen LogP contribution is 2.33. The zero-order valence-electron chi connectivity index (χ0n) is 17.0. The molecule has 2 aliphatic rings. The molecular weight excluding hydrogens is 348 g/mol. The van der Waals surface area contributed by atoms with Gasteiger partial charge in [-0.2, -0.15) is 0 Å². The standard InChI is InChI=1S/C23H32N4O/c1-26(23(28)9-5-8-18-6-3-2-4-7-18)21-11-10-19-12-13-27(22(19)14-21)16-20-15-24-17-25-20/h10-11,14-15,17-18H,2-9,12-13,16H2,1H3,(H,24,25). The molecule has 1 aliphatic heterocycles. The molecule has 1 N–H and O–H groups in total. The highest BCUT2D eigenvalue weighted by atomic mass is 16.2. The van der Waals surface area contributed by atoms with Gasteiger partial charge in [0.2, 0.25) is 5.91 Å². The van der Waals surface area contributed by atoms with Gasteiger partial charge < -0.3 is 14.8 Å². The molecular formula is C23H32N4O. The molecule has 1 aromatic carbocycles. The van der Waals surface area contributed by atoms with Gasteiger partial charge in [-0.3, -0.25) is 4.79 Å². The first-order valence-electron chi connectivity index (χ1n) is 10.8. The number of amides is 1. The lowest BCUT2D eigenvalue weighted by Gasteiger charge is -2.23. The first-order valence-corrected chi connectivity index (χ1v) is 10.8. The van der Waals surface area contributed by atoms with Crippen LogP contribution in [0.4, 0.5) is 11.4 Å². The van der Waals surface area contributed by atoms with Gasteiger partial charge in [0.15, 0.2) is 0 Å². The third-order valence-electron chi connectivity index (χ3n) is 6.47. The van der Waals surface area contributed by atoms with Gasteiger partial charge in [0.1, 0.15) is 0 Å². The molecule has 2 heterocycles. The van der Waals surface area contributed by atoms with Crippen molar-refractivity contribution in [2.75, 3.05) is 23.4 Å². The Bertz CT molecular complexity index is 780. The van der Waals surface area contributed by atoms with Crippen molar-refractivity contribution in [1.82, 2.24) is 9.97 Å². The highest BCUT2D eigenvalue weighted by Gasteiger charge is 2.22. The first-order chi connectivity index (χ1) is 13.7. The fraction of sp³-hybridized carbons (Fsp3) is 0.565. The Kier molecular flexibility index (Phi) is 5.98. The zero-order chi connectivity index (χ0) is 19.3. The number of fused-ring (bicyclic) bond motifs is 1. The van der Waals surface area contributed by atoms with Crippen LogP contribution < -0.4 is 9.80 Å². The molecule has 28 heavy (non-hydrogen) atoms. The Hall–Kier alpha value is -2.30. The minimum absolute atomic E-state index is 0.230. The van der Waals surface area contributed by atoms with Crippen LogP contribution in [0, 0.1) is 5.92 Å². The van der Waals surface area contributed by atoms with Crippen LogP contribution in [0.5, 0.6) is 0 Å². The number of aromatic nitrogens is 2. The minimum Gasteiger partial charge on any atom is -0.365 e. The summed E-state index contributed by atoms with van der Waals surface area (Å²) in [5.74, 6) is 1.08. The van der Waals surface area contributed by atoms with Crippen LogP contribution in [0.2, 0.25) is 0 Å². The normalized spacial score (nSPS) is 17.0. The number of carbonyl (C=O) groups is 1. The summed E-state index contributed by atoms with van der Waals surface area (Å²) in [6.07, 6.45) is 14.4. The van der Waals surface area contributed by atoms with Crippen molar-refractivity contribution in [1.29, 1.82) is 0 Å². The van der Waals surface area contributed by atoms with Crippen LogP contribution in [-0.4, -0.2) is 29.5 Å². The van der Waals surface area contributed by atoms with E-state index in [0.29, 0.717) is 6.42 Å². The van der Waals surface area contributed by atoms with Crippen LogP contribution in [0.25, 0.3) is 0 Å². The third kappa shape index (κ3) is 4.40. The van der Waals surface area contributed by atoms with Gasteiger partial charge in [-0.1, -0.05) is 38.2 Å². The largest absolute Gasteiger partial charge is 0.365 e. The molecule has 0 unspecified atom stereocenters. The summed E-state index contributed by atoms with van der Waals surface area (Å²) in [4.78, 5) is 24.2. The van der Waals surface area contributed by atoms with Crippen molar-refractivity contribution in [3.63, 3.8) is 0 Å². The summed E-state index contributed by atoms with van der Waals surface area (Å²) in [7, 11) is 1.92. The predicted octanol–water partition coefficient (Wildman–Crippen LogP) is 4.69. The zero-order valence-corrected chi connectivity index (χ0v) is 17.0. The van der Waals surface area contributed by atoms with Crippen LogP contribution in [0.1, 0.15) is 62.6 Å². The van der Waals surface area contributed by atoms with Crippen LogP contribution in [-0.2, 0) is 17.8 Å². The number of carbonyl (C=O) groups excluding carboxylic acids is 1. The van der Waals surface area contributed by atoms with E-state index in [1.54, 1.807) is 6.33 Å². The number of H-pyrrole nitrogens is 1. The van der Waals surface area contributed by atoms with Crippen LogP contribution >= 0.6 is 0 Å². The van der Waals surface area contributed by atoms with Crippen molar-refractivity contribution >= 4 is 17.3 Å². The molecule has 1 aliphatic carbocycles. The maximum atomic E-state index is 12.7. The number of nitrogens with zero attached hydrogens (tertiary/aromatic N) is 3. The number of rotatable bonds is 7. The topological polar surface area (TPSA) is 52.2 Å². The average molecular weight is 381 g/mol. The molecule has 0 spiro atoms. The Morgan fingerprint density at radius 1 is 1.29 bits per heavy atom. The van der Waals surface area contributed by atoms with Gasteiger partial charge in [-0.05, 0) is 42.9 Å². The molecule has 4 rings (SSSR count). The van der Waals surface area contributed by atoms with E-state index in [-0.39, 0.29) is 5.91 Å². The molecule has 150 valence electrons. The summed E-state index contributed by atoms with van der Waals surface area (Å²) in [5, 5.41) is 0. The number of anilines is 2. The average Bonchev–Trinajstić information content (AvgIpc) is 3.38. The second-order valence-corrected chi connectivity index (χ2v) is 8.41. The summed E-state index contributed by atoms with van der Waals surface area (Å²) < 4.78 is 0. The molecule has 5 nitrogen and oxygen atoms in total. The van der Waals surface area contributed by atoms with E-state index < -0.39 is 0 Å².